The predicted molar refractivity (Wildman–Crippen MR) is 109 cm³/mol. The summed E-state index contributed by atoms with van der Waals surface area (Å²) < 4.78 is 5.30. The SMILES string of the molecule is COc1ccccc1NCC(=O)N[C@@H]1CCCN(c2ncnc3[nH]ccc23)C1. The Hall–Kier alpha value is -3.29. The van der Waals surface area contributed by atoms with Crippen LogP contribution in [-0.2, 0) is 4.79 Å². The molecule has 28 heavy (non-hydrogen) atoms. The number of aromatic amines is 1. The molecule has 1 saturated heterocycles. The molecule has 0 aliphatic carbocycles. The molecule has 1 amide bonds. The second-order valence-electron chi connectivity index (χ2n) is 6.84. The van der Waals surface area contributed by atoms with Gasteiger partial charge in [-0.15, -0.1) is 0 Å². The van der Waals surface area contributed by atoms with Crippen LogP contribution in [0.25, 0.3) is 11.0 Å². The van der Waals surface area contributed by atoms with E-state index in [4.69, 9.17) is 4.74 Å². The number of hydrogen-bond donors (Lipinski definition) is 3. The number of fused-ring (bicyclic) bond motifs is 1. The summed E-state index contributed by atoms with van der Waals surface area (Å²) in [6.07, 6.45) is 5.40. The third-order valence-corrected chi connectivity index (χ3v) is 4.97. The number of anilines is 2. The smallest absolute Gasteiger partial charge is 0.239 e. The number of rotatable bonds is 6. The molecule has 3 heterocycles. The second-order valence-corrected chi connectivity index (χ2v) is 6.84. The van der Waals surface area contributed by atoms with E-state index in [1.54, 1.807) is 13.4 Å². The van der Waals surface area contributed by atoms with Crippen molar-refractivity contribution in [2.75, 3.05) is 37.0 Å². The first-order valence-corrected chi connectivity index (χ1v) is 9.44. The van der Waals surface area contributed by atoms with E-state index in [0.717, 1.165) is 54.2 Å². The van der Waals surface area contributed by atoms with Crippen molar-refractivity contribution >= 4 is 28.4 Å². The average Bonchev–Trinajstić information content (AvgIpc) is 3.21. The monoisotopic (exact) mass is 380 g/mol. The number of para-hydroxylation sites is 2. The number of nitrogens with one attached hydrogen (secondary N) is 3. The van der Waals surface area contributed by atoms with E-state index in [-0.39, 0.29) is 18.5 Å². The lowest BCUT2D eigenvalue weighted by molar-refractivity contribution is -0.120. The Labute approximate surface area is 163 Å². The van der Waals surface area contributed by atoms with Crippen LogP contribution in [0.1, 0.15) is 12.8 Å². The summed E-state index contributed by atoms with van der Waals surface area (Å²) in [4.78, 5) is 26.5. The zero-order valence-electron chi connectivity index (χ0n) is 15.8. The first-order chi connectivity index (χ1) is 13.7. The fourth-order valence-electron chi connectivity index (χ4n) is 3.64. The molecule has 8 heteroatoms. The van der Waals surface area contributed by atoms with Crippen LogP contribution >= 0.6 is 0 Å². The quantitative estimate of drug-likeness (QED) is 0.607. The van der Waals surface area contributed by atoms with Crippen molar-refractivity contribution in [1.29, 1.82) is 0 Å². The van der Waals surface area contributed by atoms with Gasteiger partial charge in [0.2, 0.25) is 5.91 Å². The number of aromatic nitrogens is 3. The Morgan fingerprint density at radius 1 is 1.32 bits per heavy atom. The molecule has 3 aromatic rings. The van der Waals surface area contributed by atoms with Crippen molar-refractivity contribution in [2.24, 2.45) is 0 Å². The van der Waals surface area contributed by atoms with Gasteiger partial charge in [-0.05, 0) is 31.0 Å². The van der Waals surface area contributed by atoms with Crippen molar-refractivity contribution in [3.05, 3.63) is 42.9 Å². The lowest BCUT2D eigenvalue weighted by Gasteiger charge is -2.34. The molecule has 1 fully saturated rings. The maximum Gasteiger partial charge on any atom is 0.239 e. The van der Waals surface area contributed by atoms with Gasteiger partial charge in [0, 0.05) is 25.3 Å². The van der Waals surface area contributed by atoms with Crippen LogP contribution in [0.5, 0.6) is 5.75 Å². The van der Waals surface area contributed by atoms with Crippen LogP contribution < -0.4 is 20.3 Å². The Kier molecular flexibility index (Phi) is 5.27. The molecular weight excluding hydrogens is 356 g/mol. The van der Waals surface area contributed by atoms with Crippen LogP contribution in [0, 0.1) is 0 Å². The van der Waals surface area contributed by atoms with E-state index in [9.17, 15) is 4.79 Å². The number of nitrogens with zero attached hydrogens (tertiary/aromatic N) is 3. The molecule has 8 nitrogen and oxygen atoms in total. The number of amides is 1. The summed E-state index contributed by atoms with van der Waals surface area (Å²) in [6.45, 7) is 1.85. The average molecular weight is 380 g/mol. The molecular formula is C20H24N6O2. The van der Waals surface area contributed by atoms with Gasteiger partial charge in [-0.1, -0.05) is 12.1 Å². The number of methoxy groups -OCH3 is 1. The normalized spacial score (nSPS) is 16.8. The Morgan fingerprint density at radius 3 is 3.11 bits per heavy atom. The molecule has 0 radical (unpaired) electrons. The molecule has 146 valence electrons. The number of H-pyrrole nitrogens is 1. The largest absolute Gasteiger partial charge is 0.495 e. The molecule has 1 aromatic carbocycles. The molecule has 1 aliphatic rings. The lowest BCUT2D eigenvalue weighted by Crippen LogP contribution is -2.49. The number of piperidine rings is 1. The molecule has 0 saturated carbocycles. The van der Waals surface area contributed by atoms with Crippen LogP contribution in [0.3, 0.4) is 0 Å². The summed E-state index contributed by atoms with van der Waals surface area (Å²) in [5.74, 6) is 1.60. The summed E-state index contributed by atoms with van der Waals surface area (Å²) in [5, 5.41) is 7.28. The van der Waals surface area contributed by atoms with Gasteiger partial charge in [-0.25, -0.2) is 9.97 Å². The van der Waals surface area contributed by atoms with Crippen molar-refractivity contribution < 1.29 is 9.53 Å². The van der Waals surface area contributed by atoms with E-state index >= 15 is 0 Å². The number of ether oxygens (including phenoxy) is 1. The minimum Gasteiger partial charge on any atom is -0.495 e. The van der Waals surface area contributed by atoms with Gasteiger partial charge in [0.1, 0.15) is 23.5 Å². The van der Waals surface area contributed by atoms with Crippen LogP contribution in [0.15, 0.2) is 42.9 Å². The van der Waals surface area contributed by atoms with E-state index in [2.05, 4.69) is 30.5 Å². The molecule has 4 rings (SSSR count). The number of carbonyl (C=O) groups is 1. The molecule has 1 atom stereocenters. The standard InChI is InChI=1S/C20H24N6O2/c1-28-17-7-3-2-6-16(17)22-11-18(27)25-14-5-4-10-26(12-14)20-15-8-9-21-19(15)23-13-24-20/h2-3,6-9,13-14,22H,4-5,10-12H2,1H3,(H,25,27)(H,21,23,24)/t14-/m1/s1. The third-order valence-electron chi connectivity index (χ3n) is 4.97. The van der Waals surface area contributed by atoms with Gasteiger partial charge >= 0.3 is 0 Å². The van der Waals surface area contributed by atoms with E-state index in [1.807, 2.05) is 36.5 Å². The molecule has 0 unspecified atom stereocenters. The lowest BCUT2D eigenvalue weighted by atomic mass is 10.1. The number of benzene rings is 1. The van der Waals surface area contributed by atoms with Crippen molar-refractivity contribution in [1.82, 2.24) is 20.3 Å². The second kappa shape index (κ2) is 8.16. The highest BCUT2D eigenvalue weighted by atomic mass is 16.5. The molecule has 0 bridgehead atoms. The van der Waals surface area contributed by atoms with Gasteiger partial charge in [0.05, 0.1) is 24.7 Å². The van der Waals surface area contributed by atoms with Crippen LogP contribution in [0.2, 0.25) is 0 Å². The molecule has 3 N–H and O–H groups in total. The summed E-state index contributed by atoms with van der Waals surface area (Å²) in [5.41, 5.74) is 1.64. The summed E-state index contributed by atoms with van der Waals surface area (Å²) >= 11 is 0. The predicted octanol–water partition coefficient (Wildman–Crippen LogP) is 2.16. The van der Waals surface area contributed by atoms with Crippen molar-refractivity contribution in [2.45, 2.75) is 18.9 Å². The first-order valence-electron chi connectivity index (χ1n) is 9.44. The third kappa shape index (κ3) is 3.85. The Bertz CT molecular complexity index is 957. The minimum atomic E-state index is -0.0350. The zero-order chi connectivity index (χ0) is 19.3. The molecule has 1 aliphatic heterocycles. The number of carbonyl (C=O) groups excluding carboxylic acids is 1. The van der Waals surface area contributed by atoms with E-state index in [0.29, 0.717) is 0 Å². The topological polar surface area (TPSA) is 95.2 Å². The fourth-order valence-corrected chi connectivity index (χ4v) is 3.64. The van der Waals surface area contributed by atoms with Gasteiger partial charge in [-0.3, -0.25) is 4.79 Å². The van der Waals surface area contributed by atoms with Crippen LogP contribution in [0.4, 0.5) is 11.5 Å². The minimum absolute atomic E-state index is 0.0350. The zero-order valence-corrected chi connectivity index (χ0v) is 15.8. The van der Waals surface area contributed by atoms with Gasteiger partial charge in [-0.2, -0.15) is 0 Å². The van der Waals surface area contributed by atoms with E-state index < -0.39 is 0 Å². The number of hydrogen-bond acceptors (Lipinski definition) is 6. The first kappa shape index (κ1) is 18.1. The van der Waals surface area contributed by atoms with Crippen molar-refractivity contribution in [3.8, 4) is 5.75 Å². The highest BCUT2D eigenvalue weighted by molar-refractivity contribution is 5.87. The van der Waals surface area contributed by atoms with Gasteiger partial charge in [0.15, 0.2) is 0 Å². The van der Waals surface area contributed by atoms with Gasteiger partial charge < -0.3 is 25.3 Å². The fraction of sp³-hybridized carbons (Fsp3) is 0.350. The Balaban J connectivity index is 1.36. The summed E-state index contributed by atoms with van der Waals surface area (Å²) in [7, 11) is 1.62. The Morgan fingerprint density at radius 2 is 2.21 bits per heavy atom. The van der Waals surface area contributed by atoms with Crippen molar-refractivity contribution in [3.63, 3.8) is 0 Å². The van der Waals surface area contributed by atoms with Gasteiger partial charge in [0.25, 0.3) is 0 Å². The van der Waals surface area contributed by atoms with E-state index in [1.165, 1.54) is 0 Å². The summed E-state index contributed by atoms with van der Waals surface area (Å²) in [6, 6.07) is 9.64. The van der Waals surface area contributed by atoms with Crippen LogP contribution in [-0.4, -0.2) is 53.6 Å². The maximum absolute atomic E-state index is 12.4. The highest BCUT2D eigenvalue weighted by Crippen LogP contribution is 2.25. The maximum atomic E-state index is 12.4. The molecule has 0 spiro atoms. The highest BCUT2D eigenvalue weighted by Gasteiger charge is 2.23. The molecule has 2 aromatic heterocycles.